The Morgan fingerprint density at radius 2 is 1.75 bits per heavy atom. The van der Waals surface area contributed by atoms with Gasteiger partial charge in [0.25, 0.3) is 0 Å². The van der Waals surface area contributed by atoms with Crippen LogP contribution in [0.4, 0.5) is 0 Å². The van der Waals surface area contributed by atoms with Gasteiger partial charge in [0.15, 0.2) is 0 Å². The van der Waals surface area contributed by atoms with Crippen LogP contribution in [0.5, 0.6) is 0 Å². The molecule has 3 rings (SSSR count). The molecule has 0 spiro atoms. The van der Waals surface area contributed by atoms with Crippen LogP contribution in [0.25, 0.3) is 0 Å². The predicted octanol–water partition coefficient (Wildman–Crippen LogP) is 6.37. The van der Waals surface area contributed by atoms with Crippen molar-refractivity contribution in [2.75, 3.05) is 0 Å². The molecule has 0 aromatic heterocycles. The van der Waals surface area contributed by atoms with Gasteiger partial charge in [-0.2, -0.15) is 0 Å². The van der Waals surface area contributed by atoms with E-state index in [1.807, 2.05) is 5.57 Å². The maximum Gasteiger partial charge on any atom is -0.0114 e. The third kappa shape index (κ3) is 2.18. The largest absolute Gasteiger partial charge is 0.0736 e. The van der Waals surface area contributed by atoms with Crippen LogP contribution in [-0.2, 0) is 0 Å². The molecule has 114 valence electrons. The zero-order valence-electron chi connectivity index (χ0n) is 14.4. The van der Waals surface area contributed by atoms with E-state index < -0.39 is 0 Å². The van der Waals surface area contributed by atoms with Crippen molar-refractivity contribution in [3.63, 3.8) is 0 Å². The van der Waals surface area contributed by atoms with Gasteiger partial charge in [-0.1, -0.05) is 51.7 Å². The minimum Gasteiger partial charge on any atom is -0.0736 e. The Balaban J connectivity index is 1.97. The maximum atomic E-state index is 2.62. The number of fused-ring (bicyclic) bond motifs is 3. The van der Waals surface area contributed by atoms with Gasteiger partial charge in [-0.15, -0.1) is 0 Å². The van der Waals surface area contributed by atoms with E-state index in [1.165, 1.54) is 51.4 Å². The van der Waals surface area contributed by atoms with Crippen LogP contribution < -0.4 is 0 Å². The highest BCUT2D eigenvalue weighted by Crippen LogP contribution is 2.58. The highest BCUT2D eigenvalue weighted by atomic mass is 14.5. The molecule has 3 aliphatic carbocycles. The lowest BCUT2D eigenvalue weighted by atomic mass is 9.52. The highest BCUT2D eigenvalue weighted by Gasteiger charge is 2.47. The second-order valence-electron chi connectivity index (χ2n) is 9.08. The molecule has 2 bridgehead atoms. The molecule has 0 amide bonds. The van der Waals surface area contributed by atoms with Crippen LogP contribution in [0.1, 0.15) is 86.0 Å². The lowest BCUT2D eigenvalue weighted by Crippen LogP contribution is -2.43. The Hall–Kier alpha value is -0.260. The molecule has 0 heterocycles. The average molecular weight is 274 g/mol. The van der Waals surface area contributed by atoms with Crippen LogP contribution >= 0.6 is 0 Å². The smallest absolute Gasteiger partial charge is 0.0114 e. The predicted molar refractivity (Wildman–Crippen MR) is 87.7 cm³/mol. The van der Waals surface area contributed by atoms with Crippen molar-refractivity contribution in [2.45, 2.75) is 86.0 Å². The van der Waals surface area contributed by atoms with Gasteiger partial charge < -0.3 is 0 Å². The van der Waals surface area contributed by atoms with Crippen molar-refractivity contribution in [3.05, 3.63) is 11.1 Å². The molecule has 0 aromatic rings. The van der Waals surface area contributed by atoms with Crippen LogP contribution in [0.3, 0.4) is 0 Å². The Kier molecular flexibility index (Phi) is 3.58. The van der Waals surface area contributed by atoms with Gasteiger partial charge in [-0.3, -0.25) is 0 Å². The fourth-order valence-electron chi connectivity index (χ4n) is 6.09. The summed E-state index contributed by atoms with van der Waals surface area (Å²) in [6, 6.07) is 0. The highest BCUT2D eigenvalue weighted by molar-refractivity contribution is 5.25. The quantitative estimate of drug-likeness (QED) is 0.450. The molecule has 3 aliphatic rings. The lowest BCUT2D eigenvalue weighted by Gasteiger charge is -2.53. The fourth-order valence-corrected chi connectivity index (χ4v) is 6.09. The minimum absolute atomic E-state index is 0.473. The number of hydrogen-bond acceptors (Lipinski definition) is 0. The molecule has 0 nitrogen and oxygen atoms in total. The summed E-state index contributed by atoms with van der Waals surface area (Å²) in [7, 11) is 0. The molecule has 2 fully saturated rings. The van der Waals surface area contributed by atoms with E-state index in [0.29, 0.717) is 10.8 Å². The summed E-state index contributed by atoms with van der Waals surface area (Å²) in [5.41, 5.74) is 4.68. The Labute approximate surface area is 126 Å². The SMILES string of the molecule is CC1=C2CC[C@]3(C)CCCC(C)[C@H]3CC(CC1)C2(C)C. The third-order valence-corrected chi connectivity index (χ3v) is 7.66. The van der Waals surface area contributed by atoms with Crippen molar-refractivity contribution in [1.29, 1.82) is 0 Å². The second-order valence-corrected chi connectivity index (χ2v) is 9.08. The van der Waals surface area contributed by atoms with Gasteiger partial charge in [0.2, 0.25) is 0 Å². The topological polar surface area (TPSA) is 0 Å². The van der Waals surface area contributed by atoms with Crippen molar-refractivity contribution >= 4 is 0 Å². The molecule has 2 unspecified atom stereocenters. The van der Waals surface area contributed by atoms with E-state index in [1.54, 1.807) is 5.57 Å². The van der Waals surface area contributed by atoms with E-state index in [4.69, 9.17) is 0 Å². The monoisotopic (exact) mass is 274 g/mol. The summed E-state index contributed by atoms with van der Waals surface area (Å²) < 4.78 is 0. The summed E-state index contributed by atoms with van der Waals surface area (Å²) >= 11 is 0. The molecular weight excluding hydrogens is 240 g/mol. The Bertz CT molecular complexity index is 414. The summed E-state index contributed by atoms with van der Waals surface area (Å²) in [6.07, 6.45) is 11.6. The van der Waals surface area contributed by atoms with E-state index in [9.17, 15) is 0 Å². The van der Waals surface area contributed by atoms with Crippen molar-refractivity contribution in [2.24, 2.45) is 28.6 Å². The molecule has 0 saturated heterocycles. The van der Waals surface area contributed by atoms with Gasteiger partial charge in [0.1, 0.15) is 0 Å². The van der Waals surface area contributed by atoms with Crippen molar-refractivity contribution < 1.29 is 0 Å². The molecule has 0 aromatic carbocycles. The molecule has 2 saturated carbocycles. The second kappa shape index (κ2) is 4.89. The van der Waals surface area contributed by atoms with Gasteiger partial charge in [0, 0.05) is 0 Å². The Morgan fingerprint density at radius 3 is 2.50 bits per heavy atom. The van der Waals surface area contributed by atoms with Crippen LogP contribution in [-0.4, -0.2) is 0 Å². The molecule has 0 aliphatic heterocycles. The first kappa shape index (κ1) is 14.7. The zero-order chi connectivity index (χ0) is 14.5. The summed E-state index contributed by atoms with van der Waals surface area (Å²) in [5, 5.41) is 0. The first-order valence-corrected chi connectivity index (χ1v) is 9.04. The van der Waals surface area contributed by atoms with E-state index in [0.717, 1.165) is 17.8 Å². The van der Waals surface area contributed by atoms with E-state index in [-0.39, 0.29) is 0 Å². The van der Waals surface area contributed by atoms with Gasteiger partial charge in [-0.25, -0.2) is 0 Å². The molecule has 0 radical (unpaired) electrons. The zero-order valence-corrected chi connectivity index (χ0v) is 14.4. The number of allylic oxidation sites excluding steroid dienone is 2. The van der Waals surface area contributed by atoms with Gasteiger partial charge >= 0.3 is 0 Å². The van der Waals surface area contributed by atoms with Crippen molar-refractivity contribution in [3.8, 4) is 0 Å². The first-order valence-electron chi connectivity index (χ1n) is 9.04. The summed E-state index contributed by atoms with van der Waals surface area (Å²) in [4.78, 5) is 0. The normalized spacial score (nSPS) is 44.5. The first-order chi connectivity index (χ1) is 9.34. The fraction of sp³-hybridized carbons (Fsp3) is 0.900. The van der Waals surface area contributed by atoms with Gasteiger partial charge in [0.05, 0.1) is 0 Å². The van der Waals surface area contributed by atoms with E-state index in [2.05, 4.69) is 34.6 Å². The summed E-state index contributed by atoms with van der Waals surface area (Å²) in [5.74, 6) is 2.88. The number of rotatable bonds is 0. The molecule has 0 heteroatoms. The molecular formula is C20H34. The van der Waals surface area contributed by atoms with Crippen molar-refractivity contribution in [1.82, 2.24) is 0 Å². The standard InChI is InChI=1S/C20H34/c1-14-7-6-11-20(5)12-10-17-15(2)8-9-16(13-18(14)20)19(17,3)4/h14,16,18H,6-13H2,1-5H3/t14?,16?,18-,20+/m1/s1. The maximum absolute atomic E-state index is 2.62. The van der Waals surface area contributed by atoms with Crippen LogP contribution in [0, 0.1) is 28.6 Å². The van der Waals surface area contributed by atoms with E-state index >= 15 is 0 Å². The van der Waals surface area contributed by atoms with Gasteiger partial charge in [-0.05, 0) is 74.0 Å². The Morgan fingerprint density at radius 1 is 1.00 bits per heavy atom. The molecule has 4 atom stereocenters. The van der Waals surface area contributed by atoms with Crippen LogP contribution in [0.15, 0.2) is 11.1 Å². The molecule has 20 heavy (non-hydrogen) atoms. The third-order valence-electron chi connectivity index (χ3n) is 7.66. The average Bonchev–Trinajstić information content (AvgIpc) is 2.35. The molecule has 0 N–H and O–H groups in total. The number of hydrogen-bond donors (Lipinski definition) is 0. The van der Waals surface area contributed by atoms with Crippen LogP contribution in [0.2, 0.25) is 0 Å². The lowest BCUT2D eigenvalue weighted by molar-refractivity contribution is 0.00534. The minimum atomic E-state index is 0.473. The summed E-state index contributed by atoms with van der Waals surface area (Å²) in [6.45, 7) is 12.7.